The van der Waals surface area contributed by atoms with Crippen LogP contribution in [0.15, 0.2) is 54.7 Å². The number of amides is 1. The molecule has 0 N–H and O–H groups in total. The summed E-state index contributed by atoms with van der Waals surface area (Å²) in [5.74, 6) is 0.787. The van der Waals surface area contributed by atoms with Gasteiger partial charge < -0.3 is 9.64 Å². The second-order valence-corrected chi connectivity index (χ2v) is 6.34. The zero-order valence-corrected chi connectivity index (χ0v) is 14.6. The van der Waals surface area contributed by atoms with Crippen molar-refractivity contribution in [2.75, 3.05) is 13.7 Å². The zero-order valence-electron chi connectivity index (χ0n) is 14.6. The molecule has 0 spiro atoms. The van der Waals surface area contributed by atoms with E-state index in [1.54, 1.807) is 18.0 Å². The van der Waals surface area contributed by atoms with Crippen LogP contribution in [0.4, 0.5) is 0 Å². The van der Waals surface area contributed by atoms with Crippen molar-refractivity contribution in [2.24, 2.45) is 0 Å². The summed E-state index contributed by atoms with van der Waals surface area (Å²) in [5.41, 5.74) is 4.11. The average Bonchev–Trinajstić information content (AvgIpc) is 3.15. The number of carbonyl (C=O) groups excluding carboxylic acids is 1. The Morgan fingerprint density at radius 3 is 2.73 bits per heavy atom. The highest BCUT2D eigenvalue weighted by atomic mass is 16.5. The minimum absolute atomic E-state index is 0.0518. The first-order valence-electron chi connectivity index (χ1n) is 8.62. The summed E-state index contributed by atoms with van der Waals surface area (Å²) >= 11 is 0. The molecule has 1 amide bonds. The molecule has 26 heavy (non-hydrogen) atoms. The van der Waals surface area contributed by atoms with E-state index in [1.807, 2.05) is 41.3 Å². The molecule has 1 aliphatic heterocycles. The van der Waals surface area contributed by atoms with Crippen LogP contribution >= 0.6 is 0 Å². The molecule has 0 bridgehead atoms. The molecule has 0 atom stereocenters. The monoisotopic (exact) mass is 348 g/mol. The first-order chi connectivity index (χ1) is 12.7. The summed E-state index contributed by atoms with van der Waals surface area (Å²) in [6.45, 7) is 1.58. The number of hydrogen-bond donors (Lipinski definition) is 0. The van der Waals surface area contributed by atoms with Gasteiger partial charge in [-0.1, -0.05) is 41.6 Å². The van der Waals surface area contributed by atoms with Gasteiger partial charge in [0.05, 0.1) is 13.3 Å². The Balaban J connectivity index is 1.47. The van der Waals surface area contributed by atoms with E-state index in [0.717, 1.165) is 24.3 Å². The summed E-state index contributed by atoms with van der Waals surface area (Å²) in [7, 11) is 1.63. The molecule has 2 heterocycles. The second kappa shape index (κ2) is 7.00. The normalized spacial score (nSPS) is 13.3. The topological polar surface area (TPSA) is 60.2 Å². The first-order valence-corrected chi connectivity index (χ1v) is 8.62. The lowest BCUT2D eigenvalue weighted by Crippen LogP contribution is -2.38. The fourth-order valence-electron chi connectivity index (χ4n) is 3.30. The summed E-state index contributed by atoms with van der Waals surface area (Å²) in [4.78, 5) is 14.5. The molecular formula is C20H20N4O2. The highest BCUT2D eigenvalue weighted by molar-refractivity contribution is 5.76. The predicted octanol–water partition coefficient (Wildman–Crippen LogP) is 2.54. The van der Waals surface area contributed by atoms with E-state index < -0.39 is 0 Å². The Kier molecular flexibility index (Phi) is 4.39. The Hall–Kier alpha value is -3.15. The van der Waals surface area contributed by atoms with Crippen molar-refractivity contribution in [3.8, 4) is 17.0 Å². The Bertz CT molecular complexity index is 935. The van der Waals surface area contributed by atoms with E-state index in [4.69, 9.17) is 4.74 Å². The number of methoxy groups -OCH3 is 1. The third kappa shape index (κ3) is 3.18. The molecule has 0 saturated heterocycles. The summed E-state index contributed by atoms with van der Waals surface area (Å²) < 4.78 is 6.95. The minimum Gasteiger partial charge on any atom is -0.496 e. The lowest BCUT2D eigenvalue weighted by atomic mass is 10.00. The van der Waals surface area contributed by atoms with E-state index >= 15 is 0 Å². The van der Waals surface area contributed by atoms with Crippen LogP contribution in [-0.4, -0.2) is 39.5 Å². The molecule has 0 radical (unpaired) electrons. The molecular weight excluding hydrogens is 328 g/mol. The largest absolute Gasteiger partial charge is 0.496 e. The van der Waals surface area contributed by atoms with Crippen molar-refractivity contribution in [3.63, 3.8) is 0 Å². The van der Waals surface area contributed by atoms with E-state index in [0.29, 0.717) is 12.2 Å². The lowest BCUT2D eigenvalue weighted by Gasteiger charge is -2.28. The van der Waals surface area contributed by atoms with Gasteiger partial charge >= 0.3 is 0 Å². The molecule has 6 heteroatoms. The fraction of sp³-hybridized carbons (Fsp3) is 0.250. The number of para-hydroxylation sites is 1. The van der Waals surface area contributed by atoms with Gasteiger partial charge in [0.2, 0.25) is 5.91 Å². The maximum atomic E-state index is 12.7. The van der Waals surface area contributed by atoms with Crippen LogP contribution in [0, 0.1) is 0 Å². The minimum atomic E-state index is 0.0518. The summed E-state index contributed by atoms with van der Waals surface area (Å²) in [6.07, 6.45) is 2.68. The number of hydrogen-bond acceptors (Lipinski definition) is 4. The van der Waals surface area contributed by atoms with Crippen molar-refractivity contribution in [2.45, 2.75) is 19.5 Å². The molecule has 132 valence electrons. The third-order valence-corrected chi connectivity index (χ3v) is 4.70. The van der Waals surface area contributed by atoms with Crippen molar-refractivity contribution >= 4 is 5.91 Å². The third-order valence-electron chi connectivity index (χ3n) is 4.70. The molecule has 0 fully saturated rings. The van der Waals surface area contributed by atoms with Crippen molar-refractivity contribution in [1.29, 1.82) is 0 Å². The Morgan fingerprint density at radius 1 is 1.12 bits per heavy atom. The molecule has 0 saturated carbocycles. The van der Waals surface area contributed by atoms with E-state index in [-0.39, 0.29) is 12.5 Å². The van der Waals surface area contributed by atoms with Gasteiger partial charge in [0, 0.05) is 18.7 Å². The van der Waals surface area contributed by atoms with Crippen molar-refractivity contribution < 1.29 is 9.53 Å². The van der Waals surface area contributed by atoms with Crippen LogP contribution in [0.25, 0.3) is 11.3 Å². The smallest absolute Gasteiger partial charge is 0.244 e. The SMILES string of the molecule is COc1ccccc1-c1cn(CC(=O)N2CCc3ccccc3C2)nn1. The number of aromatic nitrogens is 3. The van der Waals surface area contributed by atoms with Crippen LogP contribution in [0.1, 0.15) is 11.1 Å². The van der Waals surface area contributed by atoms with Gasteiger partial charge in [-0.3, -0.25) is 4.79 Å². The highest BCUT2D eigenvalue weighted by Gasteiger charge is 2.21. The van der Waals surface area contributed by atoms with Gasteiger partial charge in [-0.15, -0.1) is 5.10 Å². The molecule has 0 unspecified atom stereocenters. The Labute approximate surface area is 152 Å². The highest BCUT2D eigenvalue weighted by Crippen LogP contribution is 2.27. The van der Waals surface area contributed by atoms with E-state index in [2.05, 4.69) is 22.4 Å². The standard InChI is InChI=1S/C20H20N4O2/c1-26-19-9-5-4-8-17(19)18-13-24(22-21-18)14-20(25)23-11-10-15-6-2-3-7-16(15)12-23/h2-9,13H,10-12,14H2,1H3. The Morgan fingerprint density at radius 2 is 1.88 bits per heavy atom. The van der Waals surface area contributed by atoms with Gasteiger partial charge in [-0.25, -0.2) is 4.68 Å². The molecule has 6 nitrogen and oxygen atoms in total. The van der Waals surface area contributed by atoms with Gasteiger partial charge in [0.1, 0.15) is 18.0 Å². The van der Waals surface area contributed by atoms with Crippen LogP contribution in [0.3, 0.4) is 0 Å². The van der Waals surface area contributed by atoms with Crippen LogP contribution in [0.5, 0.6) is 5.75 Å². The number of fused-ring (bicyclic) bond motifs is 1. The zero-order chi connectivity index (χ0) is 17.9. The second-order valence-electron chi connectivity index (χ2n) is 6.34. The van der Waals surface area contributed by atoms with E-state index in [9.17, 15) is 4.79 Å². The van der Waals surface area contributed by atoms with Crippen molar-refractivity contribution in [1.82, 2.24) is 19.9 Å². The molecule has 0 aliphatic carbocycles. The molecule has 1 aliphatic rings. The number of rotatable bonds is 4. The number of ether oxygens (including phenoxy) is 1. The van der Waals surface area contributed by atoms with Gasteiger partial charge in [-0.2, -0.15) is 0 Å². The maximum Gasteiger partial charge on any atom is 0.244 e. The lowest BCUT2D eigenvalue weighted by molar-refractivity contribution is -0.133. The molecule has 4 rings (SSSR count). The molecule has 2 aromatic carbocycles. The van der Waals surface area contributed by atoms with Crippen LogP contribution < -0.4 is 4.74 Å². The first kappa shape index (κ1) is 16.3. The average molecular weight is 348 g/mol. The van der Waals surface area contributed by atoms with Crippen LogP contribution in [-0.2, 0) is 24.3 Å². The number of nitrogens with zero attached hydrogens (tertiary/aromatic N) is 4. The fourth-order valence-corrected chi connectivity index (χ4v) is 3.30. The quantitative estimate of drug-likeness (QED) is 0.727. The van der Waals surface area contributed by atoms with Crippen molar-refractivity contribution in [3.05, 3.63) is 65.9 Å². The van der Waals surface area contributed by atoms with Gasteiger partial charge in [0.15, 0.2) is 0 Å². The summed E-state index contributed by atoms with van der Waals surface area (Å²) in [5, 5.41) is 8.30. The van der Waals surface area contributed by atoms with Gasteiger partial charge in [0.25, 0.3) is 0 Å². The maximum absolute atomic E-state index is 12.7. The number of carbonyl (C=O) groups is 1. The summed E-state index contributed by atoms with van der Waals surface area (Å²) in [6, 6.07) is 15.9. The predicted molar refractivity (Wildman–Crippen MR) is 97.6 cm³/mol. The van der Waals surface area contributed by atoms with Gasteiger partial charge in [-0.05, 0) is 29.7 Å². The number of benzene rings is 2. The van der Waals surface area contributed by atoms with Crippen LogP contribution in [0.2, 0.25) is 0 Å². The molecule has 3 aromatic rings. The van der Waals surface area contributed by atoms with E-state index in [1.165, 1.54) is 11.1 Å². The molecule has 1 aromatic heterocycles.